The topological polar surface area (TPSA) is 78.1 Å². The van der Waals surface area contributed by atoms with Gasteiger partial charge in [0.15, 0.2) is 0 Å². The highest BCUT2D eigenvalue weighted by atomic mass is 19.1. The minimum atomic E-state index is -0.512. The second-order valence-corrected chi connectivity index (χ2v) is 2.79. The van der Waals surface area contributed by atoms with E-state index in [9.17, 15) is 4.39 Å². The predicted octanol–water partition coefficient (Wildman–Crippen LogP) is 1.01. The number of rotatable bonds is 1. The van der Waals surface area contributed by atoms with Gasteiger partial charge in [0.25, 0.3) is 0 Å². The Labute approximate surface area is 70.3 Å². The van der Waals surface area contributed by atoms with Crippen LogP contribution < -0.4 is 17.2 Å². The van der Waals surface area contributed by atoms with Crippen LogP contribution in [0, 0.1) is 5.82 Å². The lowest BCUT2D eigenvalue weighted by Crippen LogP contribution is -2.08. The van der Waals surface area contributed by atoms with Crippen LogP contribution in [0.3, 0.4) is 0 Å². The van der Waals surface area contributed by atoms with E-state index < -0.39 is 5.82 Å². The van der Waals surface area contributed by atoms with Gasteiger partial charge in [-0.1, -0.05) is 0 Å². The molecule has 1 atom stereocenters. The quantitative estimate of drug-likeness (QED) is 0.549. The Balaban J connectivity index is 3.21. The number of hydrogen-bond donors (Lipinski definition) is 3. The average Bonchev–Trinajstić information content (AvgIpc) is 1.99. The summed E-state index contributed by atoms with van der Waals surface area (Å²) in [7, 11) is 0. The van der Waals surface area contributed by atoms with Crippen molar-refractivity contribution in [1.82, 2.24) is 0 Å². The number of halogens is 1. The minimum Gasteiger partial charge on any atom is -0.397 e. The maximum atomic E-state index is 12.9. The molecule has 0 fully saturated rings. The Kier molecular flexibility index (Phi) is 2.19. The van der Waals surface area contributed by atoms with Gasteiger partial charge in [0, 0.05) is 6.04 Å². The van der Waals surface area contributed by atoms with Gasteiger partial charge in [-0.2, -0.15) is 0 Å². The fraction of sp³-hybridized carbons (Fsp3) is 0.250. The molecule has 1 aromatic rings. The monoisotopic (exact) mass is 169 g/mol. The molecule has 0 saturated heterocycles. The lowest BCUT2D eigenvalue weighted by molar-refractivity contribution is 0.627. The first-order valence-electron chi connectivity index (χ1n) is 3.62. The lowest BCUT2D eigenvalue weighted by Gasteiger charge is -2.08. The highest BCUT2D eigenvalue weighted by Crippen LogP contribution is 2.23. The summed E-state index contributed by atoms with van der Waals surface area (Å²) >= 11 is 0. The zero-order valence-electron chi connectivity index (χ0n) is 6.84. The first-order chi connectivity index (χ1) is 5.52. The molecule has 0 amide bonds. The molecule has 0 saturated carbocycles. The van der Waals surface area contributed by atoms with Crippen LogP contribution in [0.2, 0.25) is 0 Å². The Morgan fingerprint density at radius 3 is 2.33 bits per heavy atom. The summed E-state index contributed by atoms with van der Waals surface area (Å²) in [4.78, 5) is 0. The minimum absolute atomic E-state index is 0.0144. The summed E-state index contributed by atoms with van der Waals surface area (Å²) in [6.45, 7) is 1.75. The van der Waals surface area contributed by atoms with Crippen molar-refractivity contribution in [1.29, 1.82) is 0 Å². The Morgan fingerprint density at radius 2 is 1.92 bits per heavy atom. The molecule has 4 heteroatoms. The Morgan fingerprint density at radius 1 is 1.33 bits per heavy atom. The fourth-order valence-corrected chi connectivity index (χ4v) is 0.924. The normalized spacial score (nSPS) is 12.9. The molecule has 12 heavy (non-hydrogen) atoms. The standard InChI is InChI=1S/C8H12FN3/c1-4(10)5-2-6(9)8(12)7(11)3-5/h2-4H,10-12H2,1H3/t4-/m1/s1. The fourth-order valence-electron chi connectivity index (χ4n) is 0.924. The summed E-state index contributed by atoms with van der Waals surface area (Å²) in [5.41, 5.74) is 17.2. The van der Waals surface area contributed by atoms with Crippen LogP contribution in [-0.4, -0.2) is 0 Å². The molecular weight excluding hydrogens is 157 g/mol. The number of benzene rings is 1. The van der Waals surface area contributed by atoms with Crippen molar-refractivity contribution in [3.05, 3.63) is 23.5 Å². The van der Waals surface area contributed by atoms with Crippen LogP contribution in [-0.2, 0) is 0 Å². The zero-order valence-corrected chi connectivity index (χ0v) is 6.84. The first kappa shape index (κ1) is 8.80. The molecular formula is C8H12FN3. The second-order valence-electron chi connectivity index (χ2n) is 2.79. The summed E-state index contributed by atoms with van der Waals surface area (Å²) < 4.78 is 12.9. The van der Waals surface area contributed by atoms with Gasteiger partial charge in [0.05, 0.1) is 11.4 Å². The van der Waals surface area contributed by atoms with Crippen LogP contribution >= 0.6 is 0 Å². The number of anilines is 2. The molecule has 3 nitrogen and oxygen atoms in total. The summed E-state index contributed by atoms with van der Waals surface area (Å²) in [5.74, 6) is -0.512. The molecule has 0 heterocycles. The van der Waals surface area contributed by atoms with Crippen LogP contribution in [0.1, 0.15) is 18.5 Å². The van der Waals surface area contributed by atoms with E-state index in [2.05, 4.69) is 0 Å². The molecule has 0 bridgehead atoms. The lowest BCUT2D eigenvalue weighted by atomic mass is 10.1. The third kappa shape index (κ3) is 1.48. The number of hydrogen-bond acceptors (Lipinski definition) is 3. The average molecular weight is 169 g/mol. The molecule has 66 valence electrons. The van der Waals surface area contributed by atoms with Crippen LogP contribution in [0.25, 0.3) is 0 Å². The molecule has 0 aliphatic carbocycles. The van der Waals surface area contributed by atoms with E-state index in [-0.39, 0.29) is 17.4 Å². The highest BCUT2D eigenvalue weighted by Gasteiger charge is 2.07. The molecule has 0 spiro atoms. The van der Waals surface area contributed by atoms with Crippen molar-refractivity contribution in [2.45, 2.75) is 13.0 Å². The highest BCUT2D eigenvalue weighted by molar-refractivity contribution is 5.65. The van der Waals surface area contributed by atoms with E-state index >= 15 is 0 Å². The van der Waals surface area contributed by atoms with E-state index in [1.54, 1.807) is 13.0 Å². The number of nitrogens with two attached hydrogens (primary N) is 3. The van der Waals surface area contributed by atoms with Gasteiger partial charge < -0.3 is 17.2 Å². The molecule has 6 N–H and O–H groups in total. The van der Waals surface area contributed by atoms with E-state index in [1.165, 1.54) is 6.07 Å². The summed E-state index contributed by atoms with van der Waals surface area (Å²) in [5, 5.41) is 0. The predicted molar refractivity (Wildman–Crippen MR) is 47.8 cm³/mol. The van der Waals surface area contributed by atoms with Crippen molar-refractivity contribution in [3.63, 3.8) is 0 Å². The van der Waals surface area contributed by atoms with E-state index in [4.69, 9.17) is 17.2 Å². The Bertz CT molecular complexity index is 273. The van der Waals surface area contributed by atoms with Crippen molar-refractivity contribution < 1.29 is 4.39 Å². The first-order valence-corrected chi connectivity index (χ1v) is 3.62. The van der Waals surface area contributed by atoms with Gasteiger partial charge in [-0.05, 0) is 24.6 Å². The maximum Gasteiger partial charge on any atom is 0.148 e. The molecule has 0 aromatic heterocycles. The molecule has 1 rings (SSSR count). The molecule has 0 unspecified atom stereocenters. The SMILES string of the molecule is C[C@@H](N)c1cc(N)c(N)c(F)c1. The van der Waals surface area contributed by atoms with Gasteiger partial charge in [-0.3, -0.25) is 0 Å². The third-order valence-corrected chi connectivity index (χ3v) is 1.71. The zero-order chi connectivity index (χ0) is 9.30. The van der Waals surface area contributed by atoms with Crippen LogP contribution in [0.15, 0.2) is 12.1 Å². The van der Waals surface area contributed by atoms with Gasteiger partial charge in [-0.15, -0.1) is 0 Å². The van der Waals surface area contributed by atoms with E-state index in [0.717, 1.165) is 0 Å². The molecule has 0 aliphatic heterocycles. The summed E-state index contributed by atoms with van der Waals surface area (Å²) in [6, 6.07) is 2.65. The smallest absolute Gasteiger partial charge is 0.148 e. The second kappa shape index (κ2) is 2.98. The number of nitrogen functional groups attached to an aromatic ring is 2. The van der Waals surface area contributed by atoms with Gasteiger partial charge in [0.2, 0.25) is 0 Å². The summed E-state index contributed by atoms with van der Waals surface area (Å²) in [6.07, 6.45) is 0. The molecule has 1 aromatic carbocycles. The van der Waals surface area contributed by atoms with Gasteiger partial charge in [0.1, 0.15) is 5.82 Å². The Hall–Kier alpha value is -1.29. The molecule has 0 aliphatic rings. The van der Waals surface area contributed by atoms with E-state index in [0.29, 0.717) is 5.56 Å². The van der Waals surface area contributed by atoms with Gasteiger partial charge in [-0.25, -0.2) is 4.39 Å². The largest absolute Gasteiger partial charge is 0.397 e. The van der Waals surface area contributed by atoms with Crippen LogP contribution in [0.4, 0.5) is 15.8 Å². The van der Waals surface area contributed by atoms with Crippen LogP contribution in [0.5, 0.6) is 0 Å². The van der Waals surface area contributed by atoms with Crippen molar-refractivity contribution in [2.75, 3.05) is 11.5 Å². The molecule has 0 radical (unpaired) electrons. The van der Waals surface area contributed by atoms with Gasteiger partial charge >= 0.3 is 0 Å². The van der Waals surface area contributed by atoms with Crippen molar-refractivity contribution >= 4 is 11.4 Å². The van der Waals surface area contributed by atoms with Crippen molar-refractivity contribution in [3.8, 4) is 0 Å². The maximum absolute atomic E-state index is 12.9. The third-order valence-electron chi connectivity index (χ3n) is 1.71. The van der Waals surface area contributed by atoms with E-state index in [1.807, 2.05) is 0 Å². The van der Waals surface area contributed by atoms with Crippen molar-refractivity contribution in [2.24, 2.45) is 5.73 Å².